The second kappa shape index (κ2) is 4.73. The van der Waals surface area contributed by atoms with Crippen molar-refractivity contribution in [3.8, 4) is 0 Å². The van der Waals surface area contributed by atoms with Gasteiger partial charge in [-0.2, -0.15) is 0 Å². The number of benzene rings is 3. The summed E-state index contributed by atoms with van der Waals surface area (Å²) in [7, 11) is -0.0517. The molecule has 1 nitrogen and oxygen atoms in total. The van der Waals surface area contributed by atoms with Crippen molar-refractivity contribution < 1.29 is 0 Å². The Labute approximate surface area is 121 Å². The number of hydrogen-bond donors (Lipinski definition) is 0. The summed E-state index contributed by atoms with van der Waals surface area (Å²) in [4.78, 5) is 3.98. The van der Waals surface area contributed by atoms with Crippen LogP contribution in [0.4, 0.5) is 11.4 Å². The average molecular weight is 275 g/mol. The molecule has 2 heteroatoms. The van der Waals surface area contributed by atoms with E-state index in [2.05, 4.69) is 78.9 Å². The van der Waals surface area contributed by atoms with Gasteiger partial charge in [-0.05, 0) is 24.3 Å². The molecule has 1 aliphatic heterocycles. The molecule has 0 saturated carbocycles. The van der Waals surface area contributed by atoms with Crippen molar-refractivity contribution in [1.82, 2.24) is 0 Å². The van der Waals surface area contributed by atoms with Crippen molar-refractivity contribution in [3.05, 3.63) is 84.2 Å². The topological polar surface area (TPSA) is 14.1 Å². The van der Waals surface area contributed by atoms with E-state index in [4.69, 9.17) is 5.32 Å². The molecule has 0 aromatic heterocycles. The molecule has 3 aromatic carbocycles. The molecule has 0 saturated heterocycles. The highest BCUT2D eigenvalue weighted by Crippen LogP contribution is 2.50. The predicted octanol–water partition coefficient (Wildman–Crippen LogP) is 5.43. The molecule has 96 valence electrons. The van der Waals surface area contributed by atoms with E-state index in [0.717, 1.165) is 11.4 Å². The standard InChI is InChI=1S/C18H13NS/c1-2-8-14(9-3-1)20-17-12-6-4-10-15(17)19-16-11-5-7-13-18(16)20/h1-13H. The Bertz CT molecular complexity index is 707. The first kappa shape index (κ1) is 11.6. The van der Waals surface area contributed by atoms with Crippen molar-refractivity contribution in [2.24, 2.45) is 0 Å². The first-order valence-corrected chi connectivity index (χ1v) is 7.85. The second-order valence-corrected chi connectivity index (χ2v) is 6.63. The van der Waals surface area contributed by atoms with Crippen LogP contribution in [-0.2, 0) is 10.9 Å². The summed E-state index contributed by atoms with van der Waals surface area (Å²) in [5.41, 5.74) is 2.19. The highest BCUT2D eigenvalue weighted by Gasteiger charge is 2.32. The molecule has 20 heavy (non-hydrogen) atoms. The summed E-state index contributed by atoms with van der Waals surface area (Å²) in [6.45, 7) is 0. The molecule has 3 aromatic rings. The average Bonchev–Trinajstić information content (AvgIpc) is 2.53. The van der Waals surface area contributed by atoms with E-state index in [-0.39, 0.29) is 10.9 Å². The van der Waals surface area contributed by atoms with Crippen molar-refractivity contribution in [3.63, 3.8) is 0 Å². The van der Waals surface area contributed by atoms with Crippen LogP contribution in [0.15, 0.2) is 93.5 Å². The van der Waals surface area contributed by atoms with Crippen LogP contribution in [0.1, 0.15) is 0 Å². The zero-order chi connectivity index (χ0) is 13.4. The molecule has 0 N–H and O–H groups in total. The third-order valence-electron chi connectivity index (χ3n) is 3.39. The van der Waals surface area contributed by atoms with Crippen LogP contribution in [0.2, 0.25) is 0 Å². The normalized spacial score (nSPS) is 13.2. The van der Waals surface area contributed by atoms with Gasteiger partial charge >= 0.3 is 0 Å². The van der Waals surface area contributed by atoms with Gasteiger partial charge in [0.05, 0.1) is 10.9 Å². The quantitative estimate of drug-likeness (QED) is 0.411. The van der Waals surface area contributed by atoms with Crippen molar-refractivity contribution >= 4 is 22.3 Å². The number of para-hydroxylation sites is 2. The molecule has 0 radical (unpaired) electrons. The zero-order valence-electron chi connectivity index (χ0n) is 10.9. The Balaban J connectivity index is 1.98. The summed E-state index contributed by atoms with van der Waals surface area (Å²) >= 11 is 0. The molecule has 1 heterocycles. The predicted molar refractivity (Wildman–Crippen MR) is 84.2 cm³/mol. The molecule has 0 atom stereocenters. The van der Waals surface area contributed by atoms with Crippen LogP contribution in [0.5, 0.6) is 0 Å². The monoisotopic (exact) mass is 275 g/mol. The third kappa shape index (κ3) is 1.81. The number of fused-ring (bicyclic) bond motifs is 2. The molecule has 0 fully saturated rings. The fourth-order valence-electron chi connectivity index (χ4n) is 2.50. The lowest BCUT2D eigenvalue weighted by Crippen LogP contribution is -2.08. The highest BCUT2D eigenvalue weighted by molar-refractivity contribution is 7.97. The lowest BCUT2D eigenvalue weighted by atomic mass is 10.2. The van der Waals surface area contributed by atoms with Gasteiger partial charge in [0.25, 0.3) is 0 Å². The second-order valence-electron chi connectivity index (χ2n) is 4.67. The van der Waals surface area contributed by atoms with E-state index in [1.165, 1.54) is 14.7 Å². The van der Waals surface area contributed by atoms with E-state index >= 15 is 0 Å². The summed E-state index contributed by atoms with van der Waals surface area (Å²) in [6, 6.07) is 27.6. The molecular weight excluding hydrogens is 262 g/mol. The van der Waals surface area contributed by atoms with E-state index in [1.54, 1.807) is 0 Å². The van der Waals surface area contributed by atoms with Crippen molar-refractivity contribution in [1.29, 1.82) is 0 Å². The van der Waals surface area contributed by atoms with Crippen LogP contribution in [0.25, 0.3) is 5.32 Å². The van der Waals surface area contributed by atoms with Crippen LogP contribution in [0, 0.1) is 0 Å². The van der Waals surface area contributed by atoms with Crippen LogP contribution >= 0.6 is 0 Å². The van der Waals surface area contributed by atoms with Crippen LogP contribution < -0.4 is 0 Å². The van der Waals surface area contributed by atoms with Crippen molar-refractivity contribution in [2.45, 2.75) is 14.7 Å². The smallest absolute Gasteiger partial charge is 0.166 e. The van der Waals surface area contributed by atoms with Gasteiger partial charge in [-0.25, -0.2) is 0 Å². The number of rotatable bonds is 1. The van der Waals surface area contributed by atoms with Gasteiger partial charge in [0.1, 0.15) is 0 Å². The fourth-order valence-corrected chi connectivity index (χ4v) is 4.75. The Morgan fingerprint density at radius 1 is 0.550 bits per heavy atom. The molecule has 0 bridgehead atoms. The SMILES string of the molecule is c1ccc([S+]2c3ccccc3[N-]c3ccccc32)cc1. The first-order valence-electron chi connectivity index (χ1n) is 6.62. The van der Waals surface area contributed by atoms with Gasteiger partial charge in [-0.3, -0.25) is 0 Å². The molecular formula is C18H13NS. The molecule has 1 aliphatic rings. The van der Waals surface area contributed by atoms with Gasteiger partial charge in [0.15, 0.2) is 14.7 Å². The minimum atomic E-state index is -0.0517. The Kier molecular flexibility index (Phi) is 2.75. The van der Waals surface area contributed by atoms with Crippen LogP contribution in [-0.4, -0.2) is 0 Å². The van der Waals surface area contributed by atoms with Crippen LogP contribution in [0.3, 0.4) is 0 Å². The van der Waals surface area contributed by atoms with Gasteiger partial charge in [0.2, 0.25) is 0 Å². The Hall–Kier alpha value is -2.19. The molecule has 0 spiro atoms. The van der Waals surface area contributed by atoms with E-state index < -0.39 is 0 Å². The van der Waals surface area contributed by atoms with E-state index in [0.29, 0.717) is 0 Å². The highest BCUT2D eigenvalue weighted by atomic mass is 32.2. The van der Waals surface area contributed by atoms with Gasteiger partial charge in [-0.15, -0.1) is 0 Å². The van der Waals surface area contributed by atoms with Gasteiger partial charge in [0, 0.05) is 0 Å². The minimum Gasteiger partial charge on any atom is -0.650 e. The minimum absolute atomic E-state index is 0.0517. The summed E-state index contributed by atoms with van der Waals surface area (Å²) < 4.78 is 0. The molecule has 4 rings (SSSR count). The largest absolute Gasteiger partial charge is 0.650 e. The maximum Gasteiger partial charge on any atom is 0.166 e. The summed E-state index contributed by atoms with van der Waals surface area (Å²) in [5, 5.41) is 4.79. The van der Waals surface area contributed by atoms with Gasteiger partial charge < -0.3 is 5.32 Å². The number of hydrogen-bond acceptors (Lipinski definition) is 0. The lowest BCUT2D eigenvalue weighted by Gasteiger charge is -2.31. The molecule has 0 aliphatic carbocycles. The third-order valence-corrected chi connectivity index (χ3v) is 5.70. The fraction of sp³-hybridized carbons (Fsp3) is 0. The summed E-state index contributed by atoms with van der Waals surface area (Å²) in [5.74, 6) is 0. The van der Waals surface area contributed by atoms with E-state index in [9.17, 15) is 0 Å². The van der Waals surface area contributed by atoms with E-state index in [1.807, 2.05) is 0 Å². The van der Waals surface area contributed by atoms with Gasteiger partial charge in [-0.1, -0.05) is 66.0 Å². The summed E-state index contributed by atoms with van der Waals surface area (Å²) in [6.07, 6.45) is 0. The first-order chi connectivity index (χ1) is 9.93. The zero-order valence-corrected chi connectivity index (χ0v) is 11.7. The Morgan fingerprint density at radius 3 is 1.65 bits per heavy atom. The Morgan fingerprint density at radius 2 is 1.05 bits per heavy atom. The molecule has 0 amide bonds. The maximum atomic E-state index is 4.79. The maximum absolute atomic E-state index is 4.79. The lowest BCUT2D eigenvalue weighted by molar-refractivity contribution is 1.29. The number of nitrogens with zero attached hydrogens (tertiary/aromatic N) is 1. The van der Waals surface area contributed by atoms with Crippen molar-refractivity contribution in [2.75, 3.05) is 0 Å². The molecule has 0 unspecified atom stereocenters.